The molecule has 0 heterocycles. The average molecular weight is 285 g/mol. The Hall–Kier alpha value is -2.62. The van der Waals surface area contributed by atoms with E-state index in [1.165, 1.54) is 0 Å². The van der Waals surface area contributed by atoms with Crippen LogP contribution in [0.4, 0.5) is 0 Å². The van der Waals surface area contributed by atoms with Crippen LogP contribution in [-0.2, 0) is 20.7 Å². The summed E-state index contributed by atoms with van der Waals surface area (Å²) < 4.78 is 5.19. The molecule has 0 fully saturated rings. The van der Waals surface area contributed by atoms with E-state index in [4.69, 9.17) is 4.74 Å². The Bertz CT molecular complexity index is 520. The molecule has 0 bridgehead atoms. The van der Waals surface area contributed by atoms with E-state index in [0.29, 0.717) is 12.8 Å². The van der Waals surface area contributed by atoms with Gasteiger partial charge in [0.05, 0.1) is 0 Å². The summed E-state index contributed by atoms with van der Waals surface area (Å²) in [5.74, 6) is -0.484. The second kappa shape index (κ2) is 9.31. The standard InChI is InChI=1S/C17H19NO3/c1-3-8-14(4-2)12-21-17(20)16(18-13-19)11-15-9-6-5-7-10-15/h3-10,13,16H,1-2,11-12H2,(H,18,19)/b14-8+/t16-/m0/s1. The predicted octanol–water partition coefficient (Wildman–Crippen LogP) is 2.19. The molecule has 1 aromatic carbocycles. The molecule has 0 radical (unpaired) electrons. The smallest absolute Gasteiger partial charge is 0.329 e. The summed E-state index contributed by atoms with van der Waals surface area (Å²) in [6.45, 7) is 7.30. The molecule has 1 rings (SSSR count). The van der Waals surface area contributed by atoms with Crippen molar-refractivity contribution in [1.29, 1.82) is 0 Å². The van der Waals surface area contributed by atoms with E-state index < -0.39 is 12.0 Å². The fourth-order valence-electron chi connectivity index (χ4n) is 1.72. The molecule has 1 aromatic rings. The highest BCUT2D eigenvalue weighted by Gasteiger charge is 2.19. The number of nitrogens with one attached hydrogen (secondary N) is 1. The molecule has 1 N–H and O–H groups in total. The molecule has 1 amide bonds. The molecule has 0 aliphatic rings. The van der Waals surface area contributed by atoms with E-state index in [2.05, 4.69) is 18.5 Å². The highest BCUT2D eigenvalue weighted by molar-refractivity contribution is 5.78. The number of rotatable bonds is 9. The molecule has 1 atom stereocenters. The van der Waals surface area contributed by atoms with Crippen molar-refractivity contribution in [2.45, 2.75) is 12.5 Å². The molecular formula is C17H19NO3. The van der Waals surface area contributed by atoms with Crippen molar-refractivity contribution in [3.63, 3.8) is 0 Å². The third-order valence-electron chi connectivity index (χ3n) is 2.81. The van der Waals surface area contributed by atoms with Crippen molar-refractivity contribution in [2.24, 2.45) is 0 Å². The minimum Gasteiger partial charge on any atom is -0.459 e. The number of esters is 1. The first-order valence-electron chi connectivity index (χ1n) is 6.55. The van der Waals surface area contributed by atoms with Crippen molar-refractivity contribution in [2.75, 3.05) is 6.61 Å². The average Bonchev–Trinajstić information content (AvgIpc) is 2.51. The van der Waals surface area contributed by atoms with E-state index >= 15 is 0 Å². The number of allylic oxidation sites excluding steroid dienone is 2. The highest BCUT2D eigenvalue weighted by atomic mass is 16.5. The predicted molar refractivity (Wildman–Crippen MR) is 82.6 cm³/mol. The molecule has 4 heteroatoms. The Kier molecular flexibility index (Phi) is 7.29. The molecule has 21 heavy (non-hydrogen) atoms. The van der Waals surface area contributed by atoms with Gasteiger partial charge < -0.3 is 10.1 Å². The number of hydrogen-bond donors (Lipinski definition) is 1. The summed E-state index contributed by atoms with van der Waals surface area (Å²) in [6.07, 6.45) is 5.78. The number of hydrogen-bond acceptors (Lipinski definition) is 3. The van der Waals surface area contributed by atoms with Crippen LogP contribution >= 0.6 is 0 Å². The lowest BCUT2D eigenvalue weighted by Gasteiger charge is -2.15. The Labute approximate surface area is 124 Å². The zero-order valence-corrected chi connectivity index (χ0v) is 11.8. The molecule has 0 saturated heterocycles. The number of carbonyl (C=O) groups excluding carboxylic acids is 2. The first-order valence-corrected chi connectivity index (χ1v) is 6.55. The maximum absolute atomic E-state index is 12.0. The molecule has 0 aromatic heterocycles. The van der Waals surface area contributed by atoms with Crippen LogP contribution in [0.1, 0.15) is 5.56 Å². The fraction of sp³-hybridized carbons (Fsp3) is 0.176. The molecule has 0 aliphatic carbocycles. The summed E-state index contributed by atoms with van der Waals surface area (Å²) in [4.78, 5) is 22.7. The van der Waals surface area contributed by atoms with Crippen LogP contribution in [0.25, 0.3) is 0 Å². The van der Waals surface area contributed by atoms with Gasteiger partial charge in [-0.15, -0.1) is 0 Å². The lowest BCUT2D eigenvalue weighted by Crippen LogP contribution is -2.39. The van der Waals surface area contributed by atoms with E-state index in [1.807, 2.05) is 30.3 Å². The van der Waals surface area contributed by atoms with Crippen LogP contribution in [0.5, 0.6) is 0 Å². The van der Waals surface area contributed by atoms with Crippen molar-refractivity contribution in [3.8, 4) is 0 Å². The minimum atomic E-state index is -0.709. The van der Waals surface area contributed by atoms with Gasteiger partial charge in [-0.05, 0) is 11.1 Å². The van der Waals surface area contributed by atoms with Gasteiger partial charge in [0.2, 0.25) is 6.41 Å². The molecular weight excluding hydrogens is 266 g/mol. The molecule has 110 valence electrons. The molecule has 0 spiro atoms. The topological polar surface area (TPSA) is 55.4 Å². The lowest BCUT2D eigenvalue weighted by molar-refractivity contribution is -0.145. The summed E-state index contributed by atoms with van der Waals surface area (Å²) in [6, 6.07) is 8.71. The molecule has 0 saturated carbocycles. The van der Waals surface area contributed by atoms with Gasteiger partial charge in [-0.25, -0.2) is 4.79 Å². The second-order valence-corrected chi connectivity index (χ2v) is 4.32. The van der Waals surface area contributed by atoms with Gasteiger partial charge in [0.15, 0.2) is 0 Å². The van der Waals surface area contributed by atoms with Gasteiger partial charge in [-0.3, -0.25) is 4.79 Å². The highest BCUT2D eigenvalue weighted by Crippen LogP contribution is 2.06. The van der Waals surface area contributed by atoms with Gasteiger partial charge in [0.25, 0.3) is 0 Å². The SMILES string of the molecule is C=C/C=C(\C=C)COC(=O)[C@H](Cc1ccccc1)NC=O. The Morgan fingerprint density at radius 1 is 1.29 bits per heavy atom. The van der Waals surface area contributed by atoms with Crippen molar-refractivity contribution >= 4 is 12.4 Å². The Morgan fingerprint density at radius 3 is 2.57 bits per heavy atom. The van der Waals surface area contributed by atoms with Crippen molar-refractivity contribution in [3.05, 3.63) is 72.9 Å². The van der Waals surface area contributed by atoms with Crippen LogP contribution in [-0.4, -0.2) is 25.0 Å². The normalized spacial score (nSPS) is 12.1. The van der Waals surface area contributed by atoms with Gasteiger partial charge in [-0.2, -0.15) is 0 Å². The second-order valence-electron chi connectivity index (χ2n) is 4.32. The van der Waals surface area contributed by atoms with Crippen LogP contribution < -0.4 is 5.32 Å². The van der Waals surface area contributed by atoms with Crippen molar-refractivity contribution < 1.29 is 14.3 Å². The summed E-state index contributed by atoms with van der Waals surface area (Å²) >= 11 is 0. The number of ether oxygens (including phenoxy) is 1. The zero-order valence-electron chi connectivity index (χ0n) is 11.8. The quantitative estimate of drug-likeness (QED) is 0.430. The Morgan fingerprint density at radius 2 is 2.00 bits per heavy atom. The summed E-state index contributed by atoms with van der Waals surface area (Å²) in [5.41, 5.74) is 1.68. The zero-order chi connectivity index (χ0) is 15.5. The van der Waals surface area contributed by atoms with E-state index in [0.717, 1.165) is 11.1 Å². The van der Waals surface area contributed by atoms with Crippen LogP contribution in [0.2, 0.25) is 0 Å². The van der Waals surface area contributed by atoms with Gasteiger partial charge in [-0.1, -0.05) is 61.7 Å². The van der Waals surface area contributed by atoms with Gasteiger partial charge in [0.1, 0.15) is 12.6 Å². The monoisotopic (exact) mass is 285 g/mol. The molecule has 0 aliphatic heterocycles. The van der Waals surface area contributed by atoms with Crippen LogP contribution in [0.3, 0.4) is 0 Å². The maximum atomic E-state index is 12.0. The third kappa shape index (κ3) is 5.91. The minimum absolute atomic E-state index is 0.0974. The third-order valence-corrected chi connectivity index (χ3v) is 2.81. The maximum Gasteiger partial charge on any atom is 0.329 e. The number of amides is 1. The molecule has 0 unspecified atom stereocenters. The fourth-order valence-corrected chi connectivity index (χ4v) is 1.72. The number of benzene rings is 1. The van der Waals surface area contributed by atoms with Gasteiger partial charge in [0, 0.05) is 6.42 Å². The first-order chi connectivity index (χ1) is 10.2. The largest absolute Gasteiger partial charge is 0.459 e. The van der Waals surface area contributed by atoms with E-state index in [9.17, 15) is 9.59 Å². The summed E-state index contributed by atoms with van der Waals surface area (Å²) in [7, 11) is 0. The van der Waals surface area contributed by atoms with Crippen molar-refractivity contribution in [1.82, 2.24) is 5.32 Å². The molecule has 4 nitrogen and oxygen atoms in total. The van der Waals surface area contributed by atoms with Crippen LogP contribution in [0.15, 0.2) is 67.3 Å². The Balaban J connectivity index is 2.65. The van der Waals surface area contributed by atoms with E-state index in [1.54, 1.807) is 18.2 Å². The number of carbonyl (C=O) groups is 2. The summed E-state index contributed by atoms with van der Waals surface area (Å²) in [5, 5.41) is 2.48. The van der Waals surface area contributed by atoms with Crippen LogP contribution in [0, 0.1) is 0 Å². The van der Waals surface area contributed by atoms with E-state index in [-0.39, 0.29) is 6.61 Å². The van der Waals surface area contributed by atoms with Gasteiger partial charge >= 0.3 is 5.97 Å². The first kappa shape index (κ1) is 16.4. The lowest BCUT2D eigenvalue weighted by atomic mass is 10.1.